The topological polar surface area (TPSA) is 66.7 Å². The molecule has 0 fully saturated rings. The lowest BCUT2D eigenvalue weighted by atomic mass is 10.1. The smallest absolute Gasteiger partial charge is 0.242 e. The van der Waals surface area contributed by atoms with Gasteiger partial charge in [0.2, 0.25) is 5.95 Å². The van der Waals surface area contributed by atoms with Crippen LogP contribution in [0, 0.1) is 6.92 Å². The molecule has 0 aliphatic heterocycles. The number of rotatable bonds is 4. The quantitative estimate of drug-likeness (QED) is 0.751. The molecule has 0 aliphatic carbocycles. The van der Waals surface area contributed by atoms with E-state index in [0.29, 0.717) is 24.1 Å². The first-order chi connectivity index (χ1) is 9.31. The molecule has 0 radical (unpaired) electrons. The largest absolute Gasteiger partial charge is 0.461 e. The van der Waals surface area contributed by atoms with Crippen LogP contribution in [0.3, 0.4) is 0 Å². The van der Waals surface area contributed by atoms with Crippen LogP contribution in [0.1, 0.15) is 11.1 Å². The first-order valence-corrected chi connectivity index (χ1v) is 6.07. The summed E-state index contributed by atoms with van der Waals surface area (Å²) in [6.07, 6.45) is 1.61. The number of furan rings is 1. The molecule has 3 aromatic rings. The van der Waals surface area contributed by atoms with Crippen molar-refractivity contribution in [1.29, 1.82) is 0 Å². The van der Waals surface area contributed by atoms with E-state index in [-0.39, 0.29) is 0 Å². The van der Waals surface area contributed by atoms with Gasteiger partial charge in [0.15, 0.2) is 11.6 Å². The summed E-state index contributed by atoms with van der Waals surface area (Å²) in [5, 5.41) is 10.1. The molecule has 1 aromatic carbocycles. The molecule has 0 atom stereocenters. The van der Waals surface area contributed by atoms with Crippen LogP contribution in [0.2, 0.25) is 0 Å². The van der Waals surface area contributed by atoms with Crippen LogP contribution < -0.4 is 5.32 Å². The maximum Gasteiger partial charge on any atom is 0.242 e. The predicted molar refractivity (Wildman–Crippen MR) is 72.6 cm³/mol. The molecule has 0 unspecified atom stereocenters. The van der Waals surface area contributed by atoms with Gasteiger partial charge in [-0.3, -0.25) is 5.10 Å². The summed E-state index contributed by atoms with van der Waals surface area (Å²) >= 11 is 0. The molecule has 5 heteroatoms. The van der Waals surface area contributed by atoms with Crippen LogP contribution in [-0.4, -0.2) is 15.2 Å². The zero-order chi connectivity index (χ0) is 13.1. The lowest BCUT2D eigenvalue weighted by Crippen LogP contribution is -2.00. The van der Waals surface area contributed by atoms with Gasteiger partial charge in [-0.1, -0.05) is 29.8 Å². The molecule has 2 N–H and O–H groups in total. The summed E-state index contributed by atoms with van der Waals surface area (Å²) in [4.78, 5) is 4.31. The van der Waals surface area contributed by atoms with Crippen LogP contribution in [0.15, 0.2) is 47.1 Å². The van der Waals surface area contributed by atoms with Gasteiger partial charge in [0.1, 0.15) is 0 Å². The Morgan fingerprint density at radius 1 is 1.21 bits per heavy atom. The fourth-order valence-electron chi connectivity index (χ4n) is 1.75. The lowest BCUT2D eigenvalue weighted by Gasteiger charge is -2.02. The first kappa shape index (κ1) is 11.5. The van der Waals surface area contributed by atoms with Crippen LogP contribution in [0.5, 0.6) is 0 Å². The van der Waals surface area contributed by atoms with Gasteiger partial charge < -0.3 is 9.73 Å². The summed E-state index contributed by atoms with van der Waals surface area (Å²) in [6.45, 7) is 2.76. The molecule has 96 valence electrons. The third-order valence-corrected chi connectivity index (χ3v) is 2.81. The van der Waals surface area contributed by atoms with Crippen molar-refractivity contribution in [3.05, 3.63) is 53.8 Å². The van der Waals surface area contributed by atoms with Gasteiger partial charge in [0.25, 0.3) is 0 Å². The molecule has 0 spiro atoms. The Balaban J connectivity index is 1.66. The molecule has 19 heavy (non-hydrogen) atoms. The molecular weight excluding hydrogens is 240 g/mol. The highest BCUT2D eigenvalue weighted by Crippen LogP contribution is 2.16. The summed E-state index contributed by atoms with van der Waals surface area (Å²) in [6, 6.07) is 12.0. The average molecular weight is 254 g/mol. The molecule has 0 amide bonds. The van der Waals surface area contributed by atoms with Gasteiger partial charge >= 0.3 is 0 Å². The van der Waals surface area contributed by atoms with Crippen molar-refractivity contribution >= 4 is 5.95 Å². The van der Waals surface area contributed by atoms with Crippen LogP contribution in [-0.2, 0) is 6.54 Å². The number of aromatic nitrogens is 3. The van der Waals surface area contributed by atoms with E-state index in [9.17, 15) is 0 Å². The van der Waals surface area contributed by atoms with Gasteiger partial charge in [-0.05, 0) is 24.6 Å². The van der Waals surface area contributed by atoms with Crippen LogP contribution in [0.25, 0.3) is 11.6 Å². The van der Waals surface area contributed by atoms with E-state index >= 15 is 0 Å². The van der Waals surface area contributed by atoms with E-state index in [2.05, 4.69) is 51.7 Å². The number of anilines is 1. The highest BCUT2D eigenvalue weighted by atomic mass is 16.3. The van der Waals surface area contributed by atoms with Crippen molar-refractivity contribution in [2.24, 2.45) is 0 Å². The van der Waals surface area contributed by atoms with E-state index < -0.39 is 0 Å². The summed E-state index contributed by atoms with van der Waals surface area (Å²) in [5.41, 5.74) is 2.44. The van der Waals surface area contributed by atoms with Gasteiger partial charge in [0, 0.05) is 6.54 Å². The molecule has 0 saturated carbocycles. The van der Waals surface area contributed by atoms with Crippen molar-refractivity contribution in [2.45, 2.75) is 13.5 Å². The summed E-state index contributed by atoms with van der Waals surface area (Å²) < 4.78 is 5.25. The molecule has 0 aliphatic rings. The average Bonchev–Trinajstić information content (AvgIpc) is 3.09. The fraction of sp³-hybridized carbons (Fsp3) is 0.143. The van der Waals surface area contributed by atoms with Crippen molar-refractivity contribution < 1.29 is 4.42 Å². The second-order valence-electron chi connectivity index (χ2n) is 4.32. The van der Waals surface area contributed by atoms with Gasteiger partial charge in [0.05, 0.1) is 6.26 Å². The van der Waals surface area contributed by atoms with Gasteiger partial charge in [-0.15, -0.1) is 5.10 Å². The Kier molecular flexibility index (Phi) is 3.02. The Bertz CT molecular complexity index is 640. The predicted octanol–water partition coefficient (Wildman–Crippen LogP) is 2.99. The molecule has 0 saturated heterocycles. The number of nitrogens with zero attached hydrogens (tertiary/aromatic N) is 2. The lowest BCUT2D eigenvalue weighted by molar-refractivity contribution is 0.577. The Morgan fingerprint density at radius 2 is 2.05 bits per heavy atom. The standard InChI is InChI=1S/C14H14N4O/c1-10-4-6-11(7-5-10)9-15-14-16-13(17-18-14)12-3-2-8-19-12/h2-8H,9H2,1H3,(H2,15,16,17,18). The zero-order valence-electron chi connectivity index (χ0n) is 10.6. The molecule has 2 aromatic heterocycles. The molecule has 5 nitrogen and oxygen atoms in total. The normalized spacial score (nSPS) is 10.6. The van der Waals surface area contributed by atoms with E-state index in [1.165, 1.54) is 11.1 Å². The van der Waals surface area contributed by atoms with Gasteiger partial charge in [-0.25, -0.2) is 0 Å². The van der Waals surface area contributed by atoms with E-state index in [1.807, 2.05) is 12.1 Å². The highest BCUT2D eigenvalue weighted by molar-refractivity contribution is 5.48. The molecular formula is C14H14N4O. The Labute approximate surface area is 110 Å². The number of H-pyrrole nitrogens is 1. The SMILES string of the molecule is Cc1ccc(CNc2n[nH]c(-c3ccco3)n2)cc1. The number of aromatic amines is 1. The van der Waals surface area contributed by atoms with Crippen LogP contribution in [0.4, 0.5) is 5.95 Å². The third-order valence-electron chi connectivity index (χ3n) is 2.81. The Morgan fingerprint density at radius 3 is 2.79 bits per heavy atom. The monoisotopic (exact) mass is 254 g/mol. The van der Waals surface area contributed by atoms with Crippen molar-refractivity contribution in [2.75, 3.05) is 5.32 Å². The second-order valence-corrected chi connectivity index (χ2v) is 4.32. The van der Waals surface area contributed by atoms with Crippen LogP contribution >= 0.6 is 0 Å². The zero-order valence-corrected chi connectivity index (χ0v) is 10.6. The number of benzene rings is 1. The summed E-state index contributed by atoms with van der Waals surface area (Å²) in [7, 11) is 0. The van der Waals surface area contributed by atoms with Crippen molar-refractivity contribution in [3.63, 3.8) is 0 Å². The minimum absolute atomic E-state index is 0.562. The second kappa shape index (κ2) is 4.97. The Hall–Kier alpha value is -2.56. The molecule has 3 rings (SSSR count). The van der Waals surface area contributed by atoms with E-state index in [0.717, 1.165) is 0 Å². The minimum Gasteiger partial charge on any atom is -0.461 e. The number of hydrogen-bond donors (Lipinski definition) is 2. The minimum atomic E-state index is 0.562. The number of nitrogens with one attached hydrogen (secondary N) is 2. The maximum absolute atomic E-state index is 5.25. The first-order valence-electron chi connectivity index (χ1n) is 6.07. The van der Waals surface area contributed by atoms with Crippen molar-refractivity contribution in [3.8, 4) is 11.6 Å². The van der Waals surface area contributed by atoms with Gasteiger partial charge in [-0.2, -0.15) is 4.98 Å². The molecule has 0 bridgehead atoms. The summed E-state index contributed by atoms with van der Waals surface area (Å²) in [5.74, 6) is 1.86. The number of aryl methyl sites for hydroxylation is 1. The van der Waals surface area contributed by atoms with E-state index in [4.69, 9.17) is 4.42 Å². The molecule has 2 heterocycles. The number of hydrogen-bond acceptors (Lipinski definition) is 4. The van der Waals surface area contributed by atoms with Crippen molar-refractivity contribution in [1.82, 2.24) is 15.2 Å². The highest BCUT2D eigenvalue weighted by Gasteiger charge is 2.07. The van der Waals surface area contributed by atoms with E-state index in [1.54, 1.807) is 6.26 Å². The fourth-order valence-corrected chi connectivity index (χ4v) is 1.75. The maximum atomic E-state index is 5.25. The third kappa shape index (κ3) is 2.65.